The number of nitrogens with zero attached hydrogens (tertiary/aromatic N) is 1. The minimum Gasteiger partial charge on any atom is -0.496 e. The summed E-state index contributed by atoms with van der Waals surface area (Å²) in [5.74, 6) is -1.19. The molecule has 4 rings (SSSR count). The van der Waals surface area contributed by atoms with Gasteiger partial charge in [-0.1, -0.05) is 18.2 Å². The Morgan fingerprint density at radius 3 is 2.53 bits per heavy atom. The lowest BCUT2D eigenvalue weighted by atomic mass is 9.90. The van der Waals surface area contributed by atoms with Crippen molar-refractivity contribution in [3.63, 3.8) is 0 Å². The van der Waals surface area contributed by atoms with Gasteiger partial charge < -0.3 is 19.9 Å². The molecule has 1 aliphatic carbocycles. The van der Waals surface area contributed by atoms with E-state index in [-0.39, 0.29) is 18.1 Å². The number of carboxylic acids is 1. The van der Waals surface area contributed by atoms with E-state index in [1.165, 1.54) is 12.0 Å². The molecule has 178 valence electrons. The van der Waals surface area contributed by atoms with Gasteiger partial charge in [0.1, 0.15) is 11.9 Å². The van der Waals surface area contributed by atoms with E-state index < -0.39 is 12.1 Å². The second-order valence-electron chi connectivity index (χ2n) is 8.43. The molecule has 0 radical (unpaired) electrons. The summed E-state index contributed by atoms with van der Waals surface area (Å²) < 4.78 is 43.3. The van der Waals surface area contributed by atoms with Crippen molar-refractivity contribution in [2.75, 3.05) is 20.2 Å². The number of carbonyl (C=O) groups excluding carboxylic acids is 1. The number of likely N-dealkylation sites (tertiary alicyclic amines) is 1. The van der Waals surface area contributed by atoms with Gasteiger partial charge in [-0.3, -0.25) is 9.69 Å². The summed E-state index contributed by atoms with van der Waals surface area (Å²) >= 11 is 0. The third kappa shape index (κ3) is 6.35. The topological polar surface area (TPSA) is 88.1 Å². The van der Waals surface area contributed by atoms with Crippen molar-refractivity contribution in [2.45, 2.75) is 63.1 Å². The van der Waals surface area contributed by atoms with Gasteiger partial charge in [-0.05, 0) is 50.6 Å². The van der Waals surface area contributed by atoms with Gasteiger partial charge in [0, 0.05) is 24.7 Å². The summed E-state index contributed by atoms with van der Waals surface area (Å²) in [5.41, 5.74) is 1.21. The minimum atomic E-state index is -5.08. The van der Waals surface area contributed by atoms with Gasteiger partial charge in [0.15, 0.2) is 0 Å². The van der Waals surface area contributed by atoms with Crippen LogP contribution in [-0.2, 0) is 20.9 Å². The van der Waals surface area contributed by atoms with Crippen molar-refractivity contribution in [3.05, 3.63) is 29.8 Å². The number of methoxy groups -OCH3 is 1. The summed E-state index contributed by atoms with van der Waals surface area (Å²) in [4.78, 5) is 23.7. The van der Waals surface area contributed by atoms with Crippen LogP contribution in [0.1, 0.15) is 37.7 Å². The molecular weight excluding hydrogens is 429 g/mol. The summed E-state index contributed by atoms with van der Waals surface area (Å²) in [7, 11) is 1.72. The molecular formula is C22H29F3N2O5. The molecule has 2 N–H and O–H groups in total. The molecule has 10 heteroatoms. The number of ether oxygens (including phenoxy) is 2. The highest BCUT2D eigenvalue weighted by Gasteiger charge is 2.42. The van der Waals surface area contributed by atoms with E-state index in [9.17, 15) is 18.0 Å². The third-order valence-corrected chi connectivity index (χ3v) is 6.21. The normalized spacial score (nSPS) is 25.7. The van der Waals surface area contributed by atoms with E-state index >= 15 is 0 Å². The fourth-order valence-corrected chi connectivity index (χ4v) is 4.23. The Hall–Kier alpha value is -2.33. The number of aliphatic carboxylic acids is 1. The van der Waals surface area contributed by atoms with Crippen molar-refractivity contribution in [2.24, 2.45) is 5.92 Å². The van der Waals surface area contributed by atoms with E-state index in [0.717, 1.165) is 51.1 Å². The average Bonchev–Trinajstić information content (AvgIpc) is 3.14. The van der Waals surface area contributed by atoms with Crippen molar-refractivity contribution < 1.29 is 37.3 Å². The minimum absolute atomic E-state index is 0.107. The molecule has 0 bridgehead atoms. The maximum Gasteiger partial charge on any atom is 0.490 e. The van der Waals surface area contributed by atoms with Crippen molar-refractivity contribution in [3.8, 4) is 5.75 Å². The van der Waals surface area contributed by atoms with Crippen LogP contribution < -0.4 is 10.1 Å². The van der Waals surface area contributed by atoms with Crippen LogP contribution >= 0.6 is 0 Å². The summed E-state index contributed by atoms with van der Waals surface area (Å²) in [6.07, 6.45) is 0.316. The van der Waals surface area contributed by atoms with Gasteiger partial charge in [-0.15, -0.1) is 0 Å². The maximum absolute atomic E-state index is 12.4. The molecule has 0 spiro atoms. The number of amides is 1. The number of alkyl halides is 3. The number of para-hydroxylation sites is 1. The number of carbonyl (C=O) groups is 2. The Bertz CT molecular complexity index is 800. The van der Waals surface area contributed by atoms with Gasteiger partial charge in [-0.2, -0.15) is 13.2 Å². The second-order valence-corrected chi connectivity index (χ2v) is 8.43. The van der Waals surface area contributed by atoms with E-state index in [1.54, 1.807) is 7.11 Å². The molecule has 0 unspecified atom stereocenters. The number of hydrogen-bond acceptors (Lipinski definition) is 5. The number of nitrogens with one attached hydrogen (secondary N) is 1. The van der Waals surface area contributed by atoms with E-state index in [1.807, 2.05) is 12.1 Å². The average molecular weight is 458 g/mol. The Balaban J connectivity index is 0.000000360. The first-order valence-electron chi connectivity index (χ1n) is 10.8. The van der Waals surface area contributed by atoms with Crippen molar-refractivity contribution in [1.29, 1.82) is 0 Å². The molecule has 3 aliphatic rings. The summed E-state index contributed by atoms with van der Waals surface area (Å²) in [6.45, 7) is 2.82. The van der Waals surface area contributed by atoms with Crippen molar-refractivity contribution in [1.82, 2.24) is 10.2 Å². The van der Waals surface area contributed by atoms with Gasteiger partial charge in [-0.25, -0.2) is 4.79 Å². The van der Waals surface area contributed by atoms with Crippen LogP contribution in [0, 0.1) is 5.92 Å². The lowest BCUT2D eigenvalue weighted by Crippen LogP contribution is -2.45. The summed E-state index contributed by atoms with van der Waals surface area (Å²) in [5, 5.41) is 10.3. The zero-order valence-electron chi connectivity index (χ0n) is 17.9. The number of rotatable bonds is 5. The molecule has 3 atom stereocenters. The Morgan fingerprint density at radius 2 is 1.94 bits per heavy atom. The lowest BCUT2D eigenvalue weighted by Gasteiger charge is -2.34. The highest BCUT2D eigenvalue weighted by Crippen LogP contribution is 2.34. The van der Waals surface area contributed by atoms with Crippen LogP contribution in [0.15, 0.2) is 24.3 Å². The molecule has 7 nitrogen and oxygen atoms in total. The van der Waals surface area contributed by atoms with Crippen LogP contribution in [0.5, 0.6) is 5.75 Å². The molecule has 1 aromatic carbocycles. The molecule has 2 aliphatic heterocycles. The maximum atomic E-state index is 12.4. The molecule has 1 aromatic rings. The quantitative estimate of drug-likeness (QED) is 0.706. The second kappa shape index (κ2) is 10.5. The first-order valence-corrected chi connectivity index (χ1v) is 10.8. The van der Waals surface area contributed by atoms with E-state index in [4.69, 9.17) is 19.4 Å². The van der Waals surface area contributed by atoms with E-state index in [2.05, 4.69) is 22.3 Å². The third-order valence-electron chi connectivity index (χ3n) is 6.21. The van der Waals surface area contributed by atoms with Crippen LogP contribution in [-0.4, -0.2) is 66.5 Å². The van der Waals surface area contributed by atoms with Crippen LogP contribution in [0.3, 0.4) is 0 Å². The first-order chi connectivity index (χ1) is 15.2. The number of hydrogen-bond donors (Lipinski definition) is 2. The van der Waals surface area contributed by atoms with Crippen LogP contribution in [0.2, 0.25) is 0 Å². The number of halogens is 3. The highest BCUT2D eigenvalue weighted by atomic mass is 19.4. The number of piperidine rings is 1. The Labute approximate surface area is 184 Å². The fraction of sp³-hybridized carbons (Fsp3) is 0.636. The highest BCUT2D eigenvalue weighted by molar-refractivity contribution is 5.81. The Morgan fingerprint density at radius 1 is 1.25 bits per heavy atom. The predicted molar refractivity (Wildman–Crippen MR) is 109 cm³/mol. The SMILES string of the molecule is COc1ccccc1CN1CC[C@H]2C[C@@H](C(=O)NC3CCC3)O[C@@H]2C1.O=C(O)C(F)(F)F. The first kappa shape index (κ1) is 24.3. The van der Waals surface area contributed by atoms with Crippen LogP contribution in [0.25, 0.3) is 0 Å². The standard InChI is InChI=1S/C20H28N2O3.C2HF3O2/c1-24-17-8-3-2-5-15(17)12-22-10-9-14-11-18(25-19(14)13-22)20(23)21-16-6-4-7-16;3-2(4,5)1(6)7/h2-3,5,8,14,16,18-19H,4,6-7,9-13H2,1H3,(H,21,23);(H,6,7)/t14-,18-,19+;/m0./s1. The smallest absolute Gasteiger partial charge is 0.490 e. The zero-order valence-corrected chi connectivity index (χ0v) is 17.9. The largest absolute Gasteiger partial charge is 0.496 e. The van der Waals surface area contributed by atoms with Gasteiger partial charge in [0.2, 0.25) is 5.91 Å². The molecule has 3 fully saturated rings. The van der Waals surface area contributed by atoms with Crippen LogP contribution in [0.4, 0.5) is 13.2 Å². The number of fused-ring (bicyclic) bond motifs is 1. The fourth-order valence-electron chi connectivity index (χ4n) is 4.23. The predicted octanol–water partition coefficient (Wildman–Crippen LogP) is 2.98. The lowest BCUT2D eigenvalue weighted by molar-refractivity contribution is -0.192. The van der Waals surface area contributed by atoms with Gasteiger partial charge in [0.05, 0.1) is 13.2 Å². The number of carboxylic acid groups (broad SMARTS) is 1. The summed E-state index contributed by atoms with van der Waals surface area (Å²) in [6, 6.07) is 8.57. The molecule has 32 heavy (non-hydrogen) atoms. The van der Waals surface area contributed by atoms with Crippen molar-refractivity contribution >= 4 is 11.9 Å². The molecule has 2 heterocycles. The van der Waals surface area contributed by atoms with Gasteiger partial charge in [0.25, 0.3) is 0 Å². The molecule has 1 saturated carbocycles. The monoisotopic (exact) mass is 458 g/mol. The van der Waals surface area contributed by atoms with E-state index in [0.29, 0.717) is 12.0 Å². The zero-order chi connectivity index (χ0) is 23.3. The molecule has 2 saturated heterocycles. The van der Waals surface area contributed by atoms with Gasteiger partial charge >= 0.3 is 12.1 Å². The molecule has 1 amide bonds. The Kier molecular flexibility index (Phi) is 8.00. The molecule has 0 aromatic heterocycles. The number of benzene rings is 1.